The smallest absolute Gasteiger partial charge is 0.275 e. The molecular weight excluding hydrogens is 299 g/mol. The number of amides is 1. The van der Waals surface area contributed by atoms with Crippen LogP contribution in [-0.4, -0.2) is 15.9 Å². The van der Waals surface area contributed by atoms with Crippen LogP contribution in [0.2, 0.25) is 0 Å². The molecule has 3 aromatic rings. The van der Waals surface area contributed by atoms with E-state index >= 15 is 0 Å². The molecule has 0 saturated heterocycles. The Labute approximate surface area is 131 Å². The highest BCUT2D eigenvalue weighted by Crippen LogP contribution is 2.11. The summed E-state index contributed by atoms with van der Waals surface area (Å²) < 4.78 is 18.3. The van der Waals surface area contributed by atoms with Crippen LogP contribution in [0.25, 0.3) is 0 Å². The number of anilines is 2. The van der Waals surface area contributed by atoms with Crippen LogP contribution < -0.4 is 10.6 Å². The number of carbonyl (C=O) groups excluding carboxylic acids is 1. The summed E-state index contributed by atoms with van der Waals surface area (Å²) in [6, 6.07) is 9.26. The van der Waals surface area contributed by atoms with Crippen LogP contribution in [0.1, 0.15) is 16.2 Å². The molecule has 0 aliphatic heterocycles. The highest BCUT2D eigenvalue weighted by molar-refractivity contribution is 6.02. The summed E-state index contributed by atoms with van der Waals surface area (Å²) in [7, 11) is 0. The molecule has 7 heteroatoms. The topological polar surface area (TPSA) is 80.0 Å². The van der Waals surface area contributed by atoms with Gasteiger partial charge in [-0.15, -0.1) is 0 Å². The van der Waals surface area contributed by atoms with Crippen molar-refractivity contribution < 1.29 is 13.6 Å². The lowest BCUT2D eigenvalue weighted by Crippen LogP contribution is -2.14. The number of benzene rings is 1. The van der Waals surface area contributed by atoms with Gasteiger partial charge in [0.15, 0.2) is 0 Å². The molecule has 0 atom stereocenters. The minimum atomic E-state index is -0.458. The summed E-state index contributed by atoms with van der Waals surface area (Å²) in [5.41, 5.74) is 0.495. The zero-order chi connectivity index (χ0) is 16.1. The Morgan fingerprint density at radius 2 is 2.09 bits per heavy atom. The van der Waals surface area contributed by atoms with Crippen molar-refractivity contribution in [1.82, 2.24) is 9.97 Å². The minimum absolute atomic E-state index is 0.137. The molecular formula is C16H13FN4O2. The van der Waals surface area contributed by atoms with Gasteiger partial charge in [0.2, 0.25) is 0 Å². The molecule has 2 aromatic heterocycles. The number of carbonyl (C=O) groups is 1. The van der Waals surface area contributed by atoms with E-state index in [2.05, 4.69) is 20.6 Å². The molecule has 0 aliphatic rings. The van der Waals surface area contributed by atoms with Crippen molar-refractivity contribution in [2.75, 3.05) is 10.6 Å². The zero-order valence-corrected chi connectivity index (χ0v) is 12.0. The molecule has 116 valence electrons. The van der Waals surface area contributed by atoms with E-state index in [1.807, 2.05) is 6.07 Å². The van der Waals surface area contributed by atoms with Crippen molar-refractivity contribution in [1.29, 1.82) is 0 Å². The van der Waals surface area contributed by atoms with Gasteiger partial charge in [-0.25, -0.2) is 14.4 Å². The number of nitrogens with zero attached hydrogens (tertiary/aromatic N) is 2. The maximum Gasteiger partial charge on any atom is 0.275 e. The molecule has 23 heavy (non-hydrogen) atoms. The van der Waals surface area contributed by atoms with Crippen LogP contribution in [0.4, 0.5) is 15.9 Å². The zero-order valence-electron chi connectivity index (χ0n) is 12.0. The van der Waals surface area contributed by atoms with Gasteiger partial charge >= 0.3 is 0 Å². The predicted octanol–water partition coefficient (Wildman–Crippen LogP) is 3.07. The first-order valence-corrected chi connectivity index (χ1v) is 6.86. The Balaban J connectivity index is 1.61. The molecule has 0 aliphatic carbocycles. The van der Waals surface area contributed by atoms with Crippen molar-refractivity contribution in [3.63, 3.8) is 0 Å². The summed E-state index contributed by atoms with van der Waals surface area (Å²) >= 11 is 0. The van der Waals surface area contributed by atoms with E-state index in [1.54, 1.807) is 18.4 Å². The normalized spacial score (nSPS) is 10.3. The minimum Gasteiger partial charge on any atom is -0.467 e. The van der Waals surface area contributed by atoms with Crippen LogP contribution in [-0.2, 0) is 6.54 Å². The van der Waals surface area contributed by atoms with E-state index in [0.29, 0.717) is 18.1 Å². The second kappa shape index (κ2) is 6.69. The summed E-state index contributed by atoms with van der Waals surface area (Å²) in [4.78, 5) is 20.2. The Morgan fingerprint density at radius 1 is 1.17 bits per heavy atom. The van der Waals surface area contributed by atoms with Crippen molar-refractivity contribution in [2.24, 2.45) is 0 Å². The molecule has 2 N–H and O–H groups in total. The lowest BCUT2D eigenvalue weighted by Gasteiger charge is -2.06. The third-order valence-corrected chi connectivity index (χ3v) is 2.99. The maximum atomic E-state index is 13.1. The quantitative estimate of drug-likeness (QED) is 0.757. The molecule has 2 heterocycles. The standard InChI is InChI=1S/C16H13FN4O2/c17-11-3-1-4-12(7-11)21-16(22)14-9-20-15(10-18-14)19-8-13-5-2-6-23-13/h1-7,9-10H,8H2,(H,19,20)(H,21,22). The van der Waals surface area contributed by atoms with Gasteiger partial charge in [-0.1, -0.05) is 6.07 Å². The fourth-order valence-corrected chi connectivity index (χ4v) is 1.89. The second-order valence-electron chi connectivity index (χ2n) is 4.68. The number of hydrogen-bond acceptors (Lipinski definition) is 5. The predicted molar refractivity (Wildman–Crippen MR) is 82.4 cm³/mol. The Hall–Kier alpha value is -3.22. The largest absolute Gasteiger partial charge is 0.467 e. The Kier molecular flexibility index (Phi) is 4.28. The van der Waals surface area contributed by atoms with E-state index in [4.69, 9.17) is 4.42 Å². The first-order valence-electron chi connectivity index (χ1n) is 6.86. The molecule has 0 bridgehead atoms. The van der Waals surface area contributed by atoms with Crippen LogP contribution in [0.3, 0.4) is 0 Å². The Morgan fingerprint density at radius 3 is 2.78 bits per heavy atom. The SMILES string of the molecule is O=C(Nc1cccc(F)c1)c1cnc(NCc2ccco2)cn1. The molecule has 1 aromatic carbocycles. The number of furan rings is 1. The number of hydrogen-bond donors (Lipinski definition) is 2. The van der Waals surface area contributed by atoms with Gasteiger partial charge in [0.25, 0.3) is 5.91 Å². The summed E-state index contributed by atoms with van der Waals surface area (Å²) in [5, 5.41) is 5.58. The van der Waals surface area contributed by atoms with Gasteiger partial charge in [0.1, 0.15) is 23.1 Å². The van der Waals surface area contributed by atoms with Gasteiger partial charge in [-0.05, 0) is 30.3 Å². The first kappa shape index (κ1) is 14.7. The molecule has 0 unspecified atom stereocenters. The number of rotatable bonds is 5. The second-order valence-corrected chi connectivity index (χ2v) is 4.68. The van der Waals surface area contributed by atoms with E-state index in [0.717, 1.165) is 5.76 Å². The lowest BCUT2D eigenvalue weighted by atomic mass is 10.3. The van der Waals surface area contributed by atoms with Crippen LogP contribution >= 0.6 is 0 Å². The molecule has 1 amide bonds. The monoisotopic (exact) mass is 312 g/mol. The van der Waals surface area contributed by atoms with Crippen LogP contribution in [0.15, 0.2) is 59.5 Å². The maximum absolute atomic E-state index is 13.1. The highest BCUT2D eigenvalue weighted by atomic mass is 19.1. The van der Waals surface area contributed by atoms with Crippen LogP contribution in [0, 0.1) is 5.82 Å². The van der Waals surface area contributed by atoms with E-state index in [1.165, 1.54) is 30.6 Å². The number of nitrogens with one attached hydrogen (secondary N) is 2. The van der Waals surface area contributed by atoms with E-state index < -0.39 is 11.7 Å². The van der Waals surface area contributed by atoms with Gasteiger partial charge in [-0.3, -0.25) is 4.79 Å². The van der Waals surface area contributed by atoms with Gasteiger partial charge in [0, 0.05) is 5.69 Å². The number of halogens is 1. The van der Waals surface area contributed by atoms with Gasteiger partial charge < -0.3 is 15.1 Å². The molecule has 0 saturated carbocycles. The van der Waals surface area contributed by atoms with E-state index in [-0.39, 0.29) is 5.69 Å². The van der Waals surface area contributed by atoms with E-state index in [9.17, 15) is 9.18 Å². The molecule has 0 spiro atoms. The van der Waals surface area contributed by atoms with Crippen molar-refractivity contribution in [3.05, 3.63) is 72.3 Å². The average molecular weight is 312 g/mol. The summed E-state index contributed by atoms with van der Waals surface area (Å²) in [6.07, 6.45) is 4.38. The van der Waals surface area contributed by atoms with Crippen molar-refractivity contribution in [2.45, 2.75) is 6.54 Å². The molecule has 0 radical (unpaired) electrons. The molecule has 6 nitrogen and oxygen atoms in total. The summed E-state index contributed by atoms with van der Waals surface area (Å²) in [6.45, 7) is 0.469. The highest BCUT2D eigenvalue weighted by Gasteiger charge is 2.09. The third kappa shape index (κ3) is 3.91. The molecule has 0 fully saturated rings. The van der Waals surface area contributed by atoms with Gasteiger partial charge in [-0.2, -0.15) is 0 Å². The molecule has 3 rings (SSSR count). The fraction of sp³-hybridized carbons (Fsp3) is 0.0625. The summed E-state index contributed by atoms with van der Waals surface area (Å²) in [5.74, 6) is 0.399. The first-order chi connectivity index (χ1) is 11.2. The Bertz CT molecular complexity index is 788. The lowest BCUT2D eigenvalue weighted by molar-refractivity contribution is 0.102. The third-order valence-electron chi connectivity index (χ3n) is 2.99. The fourth-order valence-electron chi connectivity index (χ4n) is 1.89. The van der Waals surface area contributed by atoms with Gasteiger partial charge in [0.05, 0.1) is 25.2 Å². The average Bonchev–Trinajstić information content (AvgIpc) is 3.07. The van der Waals surface area contributed by atoms with Crippen molar-refractivity contribution in [3.8, 4) is 0 Å². The van der Waals surface area contributed by atoms with Crippen LogP contribution in [0.5, 0.6) is 0 Å². The van der Waals surface area contributed by atoms with Crippen molar-refractivity contribution >= 4 is 17.4 Å². The number of aromatic nitrogens is 2.